The van der Waals surface area contributed by atoms with Crippen molar-refractivity contribution in [2.45, 2.75) is 13.5 Å². The van der Waals surface area contributed by atoms with Crippen molar-refractivity contribution in [3.8, 4) is 11.1 Å². The number of aromatic nitrogens is 2. The third-order valence-electron chi connectivity index (χ3n) is 6.46. The van der Waals surface area contributed by atoms with E-state index in [1.165, 1.54) is 0 Å². The number of nitrogens with two attached hydrogens (primary N) is 1. The predicted molar refractivity (Wildman–Crippen MR) is 129 cm³/mol. The number of nitrogens with one attached hydrogen (secondary N) is 1. The molecular formula is C27H20N4O2. The molecule has 0 aliphatic carbocycles. The summed E-state index contributed by atoms with van der Waals surface area (Å²) in [7, 11) is 0. The van der Waals surface area contributed by atoms with Crippen molar-refractivity contribution in [1.82, 2.24) is 9.97 Å². The summed E-state index contributed by atoms with van der Waals surface area (Å²) in [6.45, 7) is 2.42. The summed E-state index contributed by atoms with van der Waals surface area (Å²) >= 11 is 0. The minimum absolute atomic E-state index is 0.0894. The molecule has 3 aromatic carbocycles. The SMILES string of the molecule is Cc1c(N2Cc3ccccc3C2=O)c(-c2cccnc2)c(C(N)=O)c2[nH]c3ccccc3c12. The number of aromatic amines is 1. The zero-order chi connectivity index (χ0) is 22.7. The zero-order valence-electron chi connectivity index (χ0n) is 17.9. The van der Waals surface area contributed by atoms with Gasteiger partial charge in [-0.25, -0.2) is 0 Å². The number of benzene rings is 3. The third kappa shape index (κ3) is 2.70. The van der Waals surface area contributed by atoms with E-state index in [4.69, 9.17) is 5.73 Å². The molecule has 6 heteroatoms. The van der Waals surface area contributed by atoms with Crippen molar-refractivity contribution < 1.29 is 9.59 Å². The number of rotatable bonds is 3. The molecule has 0 saturated heterocycles. The van der Waals surface area contributed by atoms with E-state index in [1.807, 2.05) is 67.6 Å². The van der Waals surface area contributed by atoms with Crippen molar-refractivity contribution >= 4 is 39.3 Å². The Morgan fingerprint density at radius 2 is 1.85 bits per heavy atom. The molecule has 0 unspecified atom stereocenters. The molecule has 1 aliphatic heterocycles. The van der Waals surface area contributed by atoms with Gasteiger partial charge < -0.3 is 15.6 Å². The number of hydrogen-bond acceptors (Lipinski definition) is 3. The first-order valence-electron chi connectivity index (χ1n) is 10.7. The summed E-state index contributed by atoms with van der Waals surface area (Å²) < 4.78 is 0. The fraction of sp³-hybridized carbons (Fsp3) is 0.0741. The molecule has 0 fully saturated rings. The van der Waals surface area contributed by atoms with Crippen molar-refractivity contribution in [2.24, 2.45) is 5.73 Å². The fourth-order valence-corrected chi connectivity index (χ4v) is 5.08. The van der Waals surface area contributed by atoms with E-state index in [9.17, 15) is 9.59 Å². The number of primary amides is 1. The lowest BCUT2D eigenvalue weighted by molar-refractivity contribution is 0.0988. The van der Waals surface area contributed by atoms with E-state index in [1.54, 1.807) is 17.3 Å². The van der Waals surface area contributed by atoms with Crippen molar-refractivity contribution in [3.05, 3.63) is 95.3 Å². The molecule has 0 spiro atoms. The number of fused-ring (bicyclic) bond motifs is 4. The van der Waals surface area contributed by atoms with E-state index in [2.05, 4.69) is 9.97 Å². The largest absolute Gasteiger partial charge is 0.366 e. The number of hydrogen-bond donors (Lipinski definition) is 2. The summed E-state index contributed by atoms with van der Waals surface area (Å²) in [4.78, 5) is 35.9. The molecular weight excluding hydrogens is 412 g/mol. The maximum absolute atomic E-state index is 13.5. The van der Waals surface area contributed by atoms with Crippen LogP contribution in [0.25, 0.3) is 32.9 Å². The number of pyridine rings is 1. The van der Waals surface area contributed by atoms with Crippen molar-refractivity contribution in [1.29, 1.82) is 0 Å². The molecule has 33 heavy (non-hydrogen) atoms. The Bertz CT molecular complexity index is 1600. The number of nitrogens with zero attached hydrogens (tertiary/aromatic N) is 2. The smallest absolute Gasteiger partial charge is 0.258 e. The lowest BCUT2D eigenvalue weighted by Gasteiger charge is -2.25. The van der Waals surface area contributed by atoms with Crippen LogP contribution in [0.5, 0.6) is 0 Å². The van der Waals surface area contributed by atoms with E-state index in [0.29, 0.717) is 34.4 Å². The van der Waals surface area contributed by atoms with Crippen LogP contribution in [0.1, 0.15) is 31.8 Å². The van der Waals surface area contributed by atoms with Crippen LogP contribution < -0.4 is 10.6 Å². The van der Waals surface area contributed by atoms with Gasteiger partial charge in [0.1, 0.15) is 0 Å². The van der Waals surface area contributed by atoms with Crippen LogP contribution in [0.15, 0.2) is 73.1 Å². The van der Waals surface area contributed by atoms with E-state index in [0.717, 1.165) is 33.0 Å². The highest BCUT2D eigenvalue weighted by Gasteiger charge is 2.34. The Morgan fingerprint density at radius 1 is 1.06 bits per heavy atom. The van der Waals surface area contributed by atoms with Gasteiger partial charge in [-0.05, 0) is 36.2 Å². The first-order chi connectivity index (χ1) is 16.1. The van der Waals surface area contributed by atoms with Gasteiger partial charge in [0, 0.05) is 45.4 Å². The van der Waals surface area contributed by atoms with Crippen LogP contribution in [0.3, 0.4) is 0 Å². The van der Waals surface area contributed by atoms with Gasteiger partial charge in [-0.15, -0.1) is 0 Å². The standard InChI is InChI=1S/C27H20N4O2/c1-15-21-19-10-4-5-11-20(19)30-24(21)23(26(28)32)22(16-8-6-12-29-13-16)25(15)31-14-17-7-2-3-9-18(17)27(31)33/h2-13,30H,14H2,1H3,(H2,28,32). The van der Waals surface area contributed by atoms with Gasteiger partial charge in [-0.2, -0.15) is 0 Å². The first-order valence-corrected chi connectivity index (χ1v) is 10.7. The molecule has 2 amide bonds. The highest BCUT2D eigenvalue weighted by molar-refractivity contribution is 6.24. The highest BCUT2D eigenvalue weighted by Crippen LogP contribution is 2.46. The quantitative estimate of drug-likeness (QED) is 0.422. The second-order valence-electron chi connectivity index (χ2n) is 8.30. The van der Waals surface area contributed by atoms with Gasteiger partial charge in [0.2, 0.25) is 0 Å². The van der Waals surface area contributed by atoms with Gasteiger partial charge in [0.05, 0.1) is 23.3 Å². The van der Waals surface area contributed by atoms with E-state index in [-0.39, 0.29) is 5.91 Å². The Hall–Kier alpha value is -4.45. The van der Waals surface area contributed by atoms with Crippen LogP contribution in [-0.2, 0) is 6.54 Å². The molecule has 0 saturated carbocycles. The fourth-order valence-electron chi connectivity index (χ4n) is 5.08. The lowest BCUT2D eigenvalue weighted by Crippen LogP contribution is -2.26. The van der Waals surface area contributed by atoms with Crippen LogP contribution in [-0.4, -0.2) is 21.8 Å². The maximum atomic E-state index is 13.5. The summed E-state index contributed by atoms with van der Waals surface area (Å²) in [5.74, 6) is -0.649. The molecule has 160 valence electrons. The number of H-pyrrole nitrogens is 1. The van der Waals surface area contributed by atoms with Crippen LogP contribution in [0, 0.1) is 6.92 Å². The first kappa shape index (κ1) is 19.3. The van der Waals surface area contributed by atoms with Crippen molar-refractivity contribution in [2.75, 3.05) is 4.90 Å². The van der Waals surface area contributed by atoms with E-state index >= 15 is 0 Å². The monoisotopic (exact) mass is 432 g/mol. The number of anilines is 1. The van der Waals surface area contributed by atoms with Crippen LogP contribution in [0.2, 0.25) is 0 Å². The number of aryl methyl sites for hydroxylation is 1. The molecule has 6 nitrogen and oxygen atoms in total. The molecule has 0 bridgehead atoms. The van der Waals surface area contributed by atoms with Crippen LogP contribution in [0.4, 0.5) is 5.69 Å². The zero-order valence-corrected chi connectivity index (χ0v) is 17.9. The number of para-hydroxylation sites is 1. The predicted octanol–water partition coefficient (Wildman–Crippen LogP) is 4.95. The summed E-state index contributed by atoms with van der Waals surface area (Å²) in [6.07, 6.45) is 3.38. The Balaban J connectivity index is 1.78. The minimum atomic E-state index is -0.559. The second-order valence-corrected chi connectivity index (χ2v) is 8.30. The molecule has 1 aliphatic rings. The van der Waals surface area contributed by atoms with E-state index < -0.39 is 5.91 Å². The number of amides is 2. The minimum Gasteiger partial charge on any atom is -0.366 e. The summed E-state index contributed by atoms with van der Waals surface area (Å²) in [6, 6.07) is 19.2. The molecule has 3 N–H and O–H groups in total. The lowest BCUT2D eigenvalue weighted by atomic mass is 9.90. The molecule has 2 aromatic heterocycles. The van der Waals surface area contributed by atoms with Gasteiger partial charge in [0.25, 0.3) is 11.8 Å². The van der Waals surface area contributed by atoms with Gasteiger partial charge in [-0.3, -0.25) is 14.6 Å². The normalized spacial score (nSPS) is 13.1. The highest BCUT2D eigenvalue weighted by atomic mass is 16.2. The molecule has 0 radical (unpaired) electrons. The summed E-state index contributed by atoms with van der Waals surface area (Å²) in [5.41, 5.74) is 12.5. The van der Waals surface area contributed by atoms with Gasteiger partial charge in [-0.1, -0.05) is 42.5 Å². The molecule has 5 aromatic rings. The Kier molecular flexibility index (Phi) is 4.10. The molecule has 6 rings (SSSR count). The Morgan fingerprint density at radius 3 is 2.61 bits per heavy atom. The average molecular weight is 432 g/mol. The summed E-state index contributed by atoms with van der Waals surface area (Å²) in [5, 5.41) is 1.88. The molecule has 0 atom stereocenters. The third-order valence-corrected chi connectivity index (χ3v) is 6.46. The second kappa shape index (κ2) is 7.03. The van der Waals surface area contributed by atoms with Crippen LogP contribution >= 0.6 is 0 Å². The van der Waals surface area contributed by atoms with Crippen molar-refractivity contribution in [3.63, 3.8) is 0 Å². The molecule has 3 heterocycles. The Labute approximate surface area is 189 Å². The number of carbonyl (C=O) groups is 2. The number of carbonyl (C=O) groups excluding carboxylic acids is 2. The van der Waals surface area contributed by atoms with Gasteiger partial charge in [0.15, 0.2) is 0 Å². The maximum Gasteiger partial charge on any atom is 0.258 e. The van der Waals surface area contributed by atoms with Gasteiger partial charge >= 0.3 is 0 Å². The average Bonchev–Trinajstić information content (AvgIpc) is 3.37. The topological polar surface area (TPSA) is 92.1 Å².